The van der Waals surface area contributed by atoms with Crippen LogP contribution in [0.1, 0.15) is 49.8 Å². The quantitative estimate of drug-likeness (QED) is 0.524. The number of aromatic nitrogens is 4. The van der Waals surface area contributed by atoms with E-state index in [1.807, 2.05) is 25.1 Å². The molecule has 2 aliphatic heterocycles. The third-order valence-electron chi connectivity index (χ3n) is 6.77. The minimum absolute atomic E-state index is 0.281. The molecular weight excluding hydrogens is 414 g/mol. The van der Waals surface area contributed by atoms with Gasteiger partial charge in [0.1, 0.15) is 17.5 Å². The lowest BCUT2D eigenvalue weighted by atomic mass is 9.81. The summed E-state index contributed by atoms with van der Waals surface area (Å²) in [5.74, 6) is 1.79. The molecule has 3 atom stereocenters. The summed E-state index contributed by atoms with van der Waals surface area (Å²) in [7, 11) is 0. The van der Waals surface area contributed by atoms with Gasteiger partial charge in [0.05, 0.1) is 11.6 Å². The van der Waals surface area contributed by atoms with Crippen molar-refractivity contribution in [1.82, 2.24) is 25.1 Å². The zero-order valence-corrected chi connectivity index (χ0v) is 18.7. The lowest BCUT2D eigenvalue weighted by Gasteiger charge is -2.49. The van der Waals surface area contributed by atoms with Crippen LogP contribution in [0, 0.1) is 29.6 Å². The first kappa shape index (κ1) is 21.2. The van der Waals surface area contributed by atoms with Crippen LogP contribution in [0.5, 0.6) is 0 Å². The van der Waals surface area contributed by atoms with Crippen molar-refractivity contribution >= 4 is 28.4 Å². The van der Waals surface area contributed by atoms with Crippen molar-refractivity contribution in [3.8, 4) is 12.1 Å². The van der Waals surface area contributed by atoms with Gasteiger partial charge in [0.2, 0.25) is 0 Å². The molecule has 0 spiro atoms. The third-order valence-corrected chi connectivity index (χ3v) is 6.77. The van der Waals surface area contributed by atoms with Crippen molar-refractivity contribution in [2.45, 2.75) is 63.6 Å². The fraction of sp³-hybridized carbons (Fsp3) is 0.458. The largest absolute Gasteiger partial charge is 0.367 e. The molecule has 0 saturated carbocycles. The zero-order valence-electron chi connectivity index (χ0n) is 18.7. The molecule has 5 heterocycles. The van der Waals surface area contributed by atoms with Gasteiger partial charge in [-0.15, -0.1) is 0 Å². The van der Waals surface area contributed by atoms with Gasteiger partial charge in [0, 0.05) is 54.4 Å². The van der Waals surface area contributed by atoms with Gasteiger partial charge in [-0.05, 0) is 44.7 Å². The molecule has 5 rings (SSSR count). The van der Waals surface area contributed by atoms with Crippen molar-refractivity contribution in [1.29, 1.82) is 10.5 Å². The second-order valence-electron chi connectivity index (χ2n) is 8.95. The normalized spacial score (nSPS) is 22.5. The van der Waals surface area contributed by atoms with E-state index < -0.39 is 0 Å². The maximum Gasteiger partial charge on any atom is 0.154 e. The standard InChI is InChI=1S/C24H27N9/c1-15-11-21(32-31-15)29-24-20(14-26)22-19(7-3-9-27-22)23(30-24)28-16-12-17-5-2-6-18(13-16)33(17)10-4-8-25/h3,7,9,11,16-18H,2,4-6,10,12-13H2,1H3,(H3,28,29,30,31,32)/t16?,17-,18+. The van der Waals surface area contributed by atoms with E-state index in [4.69, 9.17) is 10.2 Å². The highest BCUT2D eigenvalue weighted by Gasteiger charge is 2.38. The molecule has 3 aromatic rings. The number of hydrogen-bond donors (Lipinski definition) is 3. The minimum atomic E-state index is 0.281. The number of nitrogens with zero attached hydrogens (tertiary/aromatic N) is 6. The average Bonchev–Trinajstić information content (AvgIpc) is 3.22. The molecule has 2 bridgehead atoms. The molecule has 2 saturated heterocycles. The van der Waals surface area contributed by atoms with Gasteiger partial charge < -0.3 is 10.6 Å². The van der Waals surface area contributed by atoms with Gasteiger partial charge in [0.15, 0.2) is 11.6 Å². The number of rotatable bonds is 6. The molecule has 3 N–H and O–H groups in total. The Morgan fingerprint density at radius 1 is 1.21 bits per heavy atom. The number of piperidine rings is 2. The molecule has 33 heavy (non-hydrogen) atoms. The Morgan fingerprint density at radius 2 is 2.03 bits per heavy atom. The van der Waals surface area contributed by atoms with E-state index in [1.165, 1.54) is 19.3 Å². The highest BCUT2D eigenvalue weighted by Crippen LogP contribution is 2.37. The zero-order chi connectivity index (χ0) is 22.8. The number of H-pyrrole nitrogens is 1. The highest BCUT2D eigenvalue weighted by molar-refractivity contribution is 5.96. The second kappa shape index (κ2) is 9.05. The molecule has 0 radical (unpaired) electrons. The van der Waals surface area contributed by atoms with Crippen LogP contribution >= 0.6 is 0 Å². The first-order valence-corrected chi connectivity index (χ1v) is 11.5. The summed E-state index contributed by atoms with van der Waals surface area (Å²) in [6.45, 7) is 2.78. The topological polar surface area (TPSA) is 129 Å². The number of nitrogens with one attached hydrogen (secondary N) is 3. The predicted molar refractivity (Wildman–Crippen MR) is 126 cm³/mol. The Kier molecular flexibility index (Phi) is 5.80. The Balaban J connectivity index is 1.46. The lowest BCUT2D eigenvalue weighted by Crippen LogP contribution is -2.55. The fourth-order valence-corrected chi connectivity index (χ4v) is 5.38. The van der Waals surface area contributed by atoms with Gasteiger partial charge >= 0.3 is 0 Å². The second-order valence-corrected chi connectivity index (χ2v) is 8.95. The Bertz CT molecular complexity index is 1220. The van der Waals surface area contributed by atoms with E-state index >= 15 is 0 Å². The van der Waals surface area contributed by atoms with Crippen LogP contribution in [0.4, 0.5) is 17.5 Å². The van der Waals surface area contributed by atoms with Crippen LogP contribution in [0.15, 0.2) is 24.4 Å². The van der Waals surface area contributed by atoms with E-state index in [2.05, 4.69) is 42.9 Å². The number of anilines is 3. The number of nitriles is 2. The number of hydrogen-bond acceptors (Lipinski definition) is 8. The van der Waals surface area contributed by atoms with E-state index in [1.54, 1.807) is 6.20 Å². The summed E-state index contributed by atoms with van der Waals surface area (Å²) in [6, 6.07) is 11.5. The molecule has 1 unspecified atom stereocenters. The Labute approximate surface area is 192 Å². The number of pyridine rings is 2. The molecule has 3 aromatic heterocycles. The maximum atomic E-state index is 9.87. The highest BCUT2D eigenvalue weighted by atomic mass is 15.2. The Hall–Kier alpha value is -3.69. The fourth-order valence-electron chi connectivity index (χ4n) is 5.38. The van der Waals surface area contributed by atoms with E-state index in [0.29, 0.717) is 41.2 Å². The maximum absolute atomic E-state index is 9.87. The molecule has 2 fully saturated rings. The molecule has 2 aliphatic rings. The molecule has 0 aliphatic carbocycles. The first-order valence-electron chi connectivity index (χ1n) is 11.5. The van der Waals surface area contributed by atoms with E-state index in [9.17, 15) is 5.26 Å². The molecule has 0 aromatic carbocycles. The smallest absolute Gasteiger partial charge is 0.154 e. The van der Waals surface area contributed by atoms with Crippen molar-refractivity contribution < 1.29 is 0 Å². The van der Waals surface area contributed by atoms with Gasteiger partial charge in [-0.2, -0.15) is 15.6 Å². The Morgan fingerprint density at radius 3 is 2.73 bits per heavy atom. The van der Waals surface area contributed by atoms with Crippen LogP contribution in [-0.4, -0.2) is 49.7 Å². The molecule has 0 amide bonds. The average molecular weight is 442 g/mol. The summed E-state index contributed by atoms with van der Waals surface area (Å²) in [5, 5.41) is 33.8. The van der Waals surface area contributed by atoms with Crippen LogP contribution in [0.3, 0.4) is 0 Å². The van der Waals surface area contributed by atoms with E-state index in [-0.39, 0.29) is 6.04 Å². The van der Waals surface area contributed by atoms with Crippen LogP contribution < -0.4 is 10.6 Å². The van der Waals surface area contributed by atoms with Crippen molar-refractivity contribution in [2.24, 2.45) is 0 Å². The third kappa shape index (κ3) is 4.20. The van der Waals surface area contributed by atoms with Gasteiger partial charge in [-0.1, -0.05) is 6.42 Å². The number of aryl methyl sites for hydroxylation is 1. The van der Waals surface area contributed by atoms with Crippen molar-refractivity contribution in [3.05, 3.63) is 35.7 Å². The van der Waals surface area contributed by atoms with Crippen LogP contribution in [-0.2, 0) is 0 Å². The van der Waals surface area contributed by atoms with Crippen LogP contribution in [0.2, 0.25) is 0 Å². The summed E-state index contributed by atoms with van der Waals surface area (Å²) in [6.07, 6.45) is 7.93. The van der Waals surface area contributed by atoms with Crippen molar-refractivity contribution in [3.63, 3.8) is 0 Å². The monoisotopic (exact) mass is 441 g/mol. The SMILES string of the molecule is Cc1cc(Nc2nc(NC3C[C@H]4CCC[C@@H](C3)N4CCC#N)c3cccnc3c2C#N)n[nH]1. The number of aromatic amines is 1. The molecular formula is C24H27N9. The van der Waals surface area contributed by atoms with E-state index in [0.717, 1.165) is 36.3 Å². The van der Waals surface area contributed by atoms with Gasteiger partial charge in [-0.25, -0.2) is 4.98 Å². The first-order chi connectivity index (χ1) is 16.2. The molecule has 9 heteroatoms. The van der Waals surface area contributed by atoms with Gasteiger partial charge in [-0.3, -0.25) is 15.0 Å². The van der Waals surface area contributed by atoms with Crippen molar-refractivity contribution in [2.75, 3.05) is 17.2 Å². The summed E-state index contributed by atoms with van der Waals surface area (Å²) in [4.78, 5) is 11.9. The molecule has 9 nitrogen and oxygen atoms in total. The molecule has 168 valence electrons. The summed E-state index contributed by atoms with van der Waals surface area (Å²) in [5.41, 5.74) is 1.95. The lowest BCUT2D eigenvalue weighted by molar-refractivity contribution is 0.0370. The summed E-state index contributed by atoms with van der Waals surface area (Å²) >= 11 is 0. The number of fused-ring (bicyclic) bond motifs is 3. The van der Waals surface area contributed by atoms with Gasteiger partial charge in [0.25, 0.3) is 0 Å². The minimum Gasteiger partial charge on any atom is -0.367 e. The predicted octanol–water partition coefficient (Wildman–Crippen LogP) is 3.99. The van der Waals surface area contributed by atoms with Crippen LogP contribution in [0.25, 0.3) is 10.9 Å². The summed E-state index contributed by atoms with van der Waals surface area (Å²) < 4.78 is 0.